The lowest BCUT2D eigenvalue weighted by molar-refractivity contribution is -0.138. The van der Waals surface area contributed by atoms with Crippen LogP contribution in [0.3, 0.4) is 0 Å². The molecule has 0 heterocycles. The molecule has 0 aliphatic heterocycles. The van der Waals surface area contributed by atoms with Gasteiger partial charge in [0.05, 0.1) is 0 Å². The van der Waals surface area contributed by atoms with Crippen LogP contribution >= 0.6 is 0 Å². The summed E-state index contributed by atoms with van der Waals surface area (Å²) in [4.78, 5) is 10.6. The molecule has 0 fully saturated rings. The summed E-state index contributed by atoms with van der Waals surface area (Å²) in [7, 11) is 0. The van der Waals surface area contributed by atoms with E-state index in [2.05, 4.69) is 12.2 Å². The van der Waals surface area contributed by atoms with Crippen LogP contribution in [0.5, 0.6) is 0 Å². The number of unbranched alkanes of at least 4 members (excludes halogenated alkanes) is 11. The van der Waals surface area contributed by atoms with E-state index >= 15 is 0 Å². The molecule has 3 heteroatoms. The monoisotopic (exact) mass is 285 g/mol. The second-order valence-electron chi connectivity index (χ2n) is 5.90. The van der Waals surface area contributed by atoms with E-state index in [1.165, 1.54) is 70.6 Å². The summed E-state index contributed by atoms with van der Waals surface area (Å²) in [6, 6.07) is -0.414. The van der Waals surface area contributed by atoms with E-state index in [1.54, 1.807) is 6.92 Å². The summed E-state index contributed by atoms with van der Waals surface area (Å²) in [5.41, 5.74) is 0. The highest BCUT2D eigenvalue weighted by Crippen LogP contribution is 2.11. The molecule has 0 aliphatic rings. The molecule has 0 radical (unpaired) electrons. The molecule has 3 nitrogen and oxygen atoms in total. The second-order valence-corrected chi connectivity index (χ2v) is 5.90. The molecule has 0 aromatic rings. The smallest absolute Gasteiger partial charge is 0.320 e. The van der Waals surface area contributed by atoms with Crippen LogP contribution in [0.1, 0.15) is 90.9 Å². The summed E-state index contributed by atoms with van der Waals surface area (Å²) in [6.07, 6.45) is 16.1. The van der Waals surface area contributed by atoms with Crippen molar-refractivity contribution in [2.45, 2.75) is 96.9 Å². The molecule has 0 saturated carbocycles. The van der Waals surface area contributed by atoms with E-state index in [-0.39, 0.29) is 0 Å². The minimum atomic E-state index is -0.760. The zero-order valence-corrected chi connectivity index (χ0v) is 13.6. The lowest BCUT2D eigenvalue weighted by Gasteiger charge is -2.08. The molecule has 0 aromatic heterocycles. The van der Waals surface area contributed by atoms with E-state index in [1.807, 2.05) is 0 Å². The van der Waals surface area contributed by atoms with Crippen LogP contribution in [0.4, 0.5) is 0 Å². The summed E-state index contributed by atoms with van der Waals surface area (Å²) >= 11 is 0. The van der Waals surface area contributed by atoms with Crippen molar-refractivity contribution in [3.05, 3.63) is 0 Å². The van der Waals surface area contributed by atoms with E-state index in [0.717, 1.165) is 13.0 Å². The van der Waals surface area contributed by atoms with Gasteiger partial charge in [0, 0.05) is 0 Å². The second kappa shape index (κ2) is 14.8. The quantitative estimate of drug-likeness (QED) is 0.427. The molecule has 0 rings (SSSR count). The molecule has 0 aliphatic carbocycles. The minimum absolute atomic E-state index is 0.414. The zero-order chi connectivity index (χ0) is 15.1. The number of carboxylic acid groups (broad SMARTS) is 1. The maximum atomic E-state index is 10.6. The third-order valence-corrected chi connectivity index (χ3v) is 3.85. The first-order valence-corrected chi connectivity index (χ1v) is 8.64. The highest BCUT2D eigenvalue weighted by atomic mass is 16.4. The Kier molecular flexibility index (Phi) is 14.4. The number of carbonyl (C=O) groups is 1. The predicted molar refractivity (Wildman–Crippen MR) is 86.2 cm³/mol. The van der Waals surface area contributed by atoms with E-state index in [4.69, 9.17) is 5.11 Å². The molecule has 0 spiro atoms. The van der Waals surface area contributed by atoms with Gasteiger partial charge in [-0.05, 0) is 19.9 Å². The van der Waals surface area contributed by atoms with Crippen molar-refractivity contribution < 1.29 is 9.90 Å². The van der Waals surface area contributed by atoms with E-state index in [9.17, 15) is 4.79 Å². The lowest BCUT2D eigenvalue weighted by atomic mass is 10.1. The van der Waals surface area contributed by atoms with Crippen molar-refractivity contribution in [1.29, 1.82) is 0 Å². The Hall–Kier alpha value is -0.570. The van der Waals surface area contributed by atoms with Crippen LogP contribution in [-0.4, -0.2) is 23.7 Å². The number of nitrogens with one attached hydrogen (secondary N) is 1. The fraction of sp³-hybridized carbons (Fsp3) is 0.941. The van der Waals surface area contributed by atoms with Gasteiger partial charge in [-0.3, -0.25) is 4.79 Å². The van der Waals surface area contributed by atoms with Gasteiger partial charge in [-0.1, -0.05) is 77.6 Å². The molecule has 0 unspecified atom stereocenters. The minimum Gasteiger partial charge on any atom is -0.480 e. The van der Waals surface area contributed by atoms with Gasteiger partial charge in [-0.2, -0.15) is 0 Å². The number of hydrogen-bond donors (Lipinski definition) is 2. The highest BCUT2D eigenvalue weighted by Gasteiger charge is 2.07. The van der Waals surface area contributed by atoms with Gasteiger partial charge < -0.3 is 10.4 Å². The van der Waals surface area contributed by atoms with Crippen LogP contribution in [0, 0.1) is 0 Å². The molecular weight excluding hydrogens is 250 g/mol. The topological polar surface area (TPSA) is 49.3 Å². The number of hydrogen-bond acceptors (Lipinski definition) is 2. The van der Waals surface area contributed by atoms with Gasteiger partial charge in [-0.25, -0.2) is 0 Å². The maximum absolute atomic E-state index is 10.6. The van der Waals surface area contributed by atoms with Crippen molar-refractivity contribution in [3.63, 3.8) is 0 Å². The molecule has 2 N–H and O–H groups in total. The first-order chi connectivity index (χ1) is 9.68. The summed E-state index contributed by atoms with van der Waals surface area (Å²) in [6.45, 7) is 4.78. The summed E-state index contributed by atoms with van der Waals surface area (Å²) in [5.74, 6) is -0.760. The maximum Gasteiger partial charge on any atom is 0.320 e. The van der Waals surface area contributed by atoms with E-state index < -0.39 is 12.0 Å². The number of rotatable bonds is 15. The SMILES string of the molecule is CCCCCCCCCCCCCCN[C@H](C)C(=O)O. The predicted octanol–water partition coefficient (Wildman–Crippen LogP) is 4.75. The van der Waals surface area contributed by atoms with Crippen molar-refractivity contribution in [2.75, 3.05) is 6.54 Å². The number of aliphatic carboxylic acids is 1. The average Bonchev–Trinajstić information content (AvgIpc) is 2.43. The molecular formula is C17H35NO2. The standard InChI is InChI=1S/C17H35NO2/c1-3-4-5-6-7-8-9-10-11-12-13-14-15-18-16(2)17(19)20/h16,18H,3-15H2,1-2H3,(H,19,20)/t16-/m1/s1. The van der Waals surface area contributed by atoms with Gasteiger partial charge in [0.15, 0.2) is 0 Å². The Bertz CT molecular complexity index is 219. The molecule has 120 valence electrons. The van der Waals surface area contributed by atoms with Crippen LogP contribution in [0.2, 0.25) is 0 Å². The lowest BCUT2D eigenvalue weighted by Crippen LogP contribution is -2.34. The molecule has 0 amide bonds. The third-order valence-electron chi connectivity index (χ3n) is 3.85. The van der Waals surface area contributed by atoms with Crippen molar-refractivity contribution in [2.24, 2.45) is 0 Å². The molecule has 0 bridgehead atoms. The molecule has 20 heavy (non-hydrogen) atoms. The van der Waals surface area contributed by atoms with Crippen LogP contribution in [0.15, 0.2) is 0 Å². The van der Waals surface area contributed by atoms with Crippen LogP contribution in [0.25, 0.3) is 0 Å². The summed E-state index contributed by atoms with van der Waals surface area (Å²) in [5, 5.41) is 11.7. The average molecular weight is 285 g/mol. The molecule has 0 aromatic carbocycles. The fourth-order valence-corrected chi connectivity index (χ4v) is 2.37. The normalized spacial score (nSPS) is 12.5. The van der Waals surface area contributed by atoms with Crippen LogP contribution < -0.4 is 5.32 Å². The first kappa shape index (κ1) is 19.4. The molecule has 0 saturated heterocycles. The van der Waals surface area contributed by atoms with Crippen molar-refractivity contribution >= 4 is 5.97 Å². The fourth-order valence-electron chi connectivity index (χ4n) is 2.37. The Morgan fingerprint density at radius 2 is 1.25 bits per heavy atom. The van der Waals surface area contributed by atoms with Gasteiger partial charge in [0.1, 0.15) is 6.04 Å². The Morgan fingerprint density at radius 1 is 0.850 bits per heavy atom. The number of carboxylic acids is 1. The highest BCUT2D eigenvalue weighted by molar-refractivity contribution is 5.72. The Labute approximate surface area is 125 Å². The first-order valence-electron chi connectivity index (χ1n) is 8.64. The van der Waals surface area contributed by atoms with Gasteiger partial charge >= 0.3 is 5.97 Å². The van der Waals surface area contributed by atoms with Crippen LogP contribution in [-0.2, 0) is 4.79 Å². The third kappa shape index (κ3) is 13.9. The van der Waals surface area contributed by atoms with Gasteiger partial charge in [0.2, 0.25) is 0 Å². The summed E-state index contributed by atoms with van der Waals surface area (Å²) < 4.78 is 0. The zero-order valence-electron chi connectivity index (χ0n) is 13.6. The molecule has 1 atom stereocenters. The van der Waals surface area contributed by atoms with E-state index in [0.29, 0.717) is 0 Å². The Morgan fingerprint density at radius 3 is 1.65 bits per heavy atom. The van der Waals surface area contributed by atoms with Crippen molar-refractivity contribution in [1.82, 2.24) is 5.32 Å². The van der Waals surface area contributed by atoms with Gasteiger partial charge in [-0.15, -0.1) is 0 Å². The van der Waals surface area contributed by atoms with Crippen molar-refractivity contribution in [3.8, 4) is 0 Å². The largest absolute Gasteiger partial charge is 0.480 e. The van der Waals surface area contributed by atoms with Gasteiger partial charge in [0.25, 0.3) is 0 Å². The Balaban J connectivity index is 3.04.